The van der Waals surface area contributed by atoms with Crippen LogP contribution in [-0.2, 0) is 0 Å². The monoisotopic (exact) mass is 393 g/mol. The van der Waals surface area contributed by atoms with E-state index in [-0.39, 0.29) is 18.4 Å². The predicted octanol–water partition coefficient (Wildman–Crippen LogP) is 2.40. The largest absolute Gasteiger partial charge is 0.395 e. The van der Waals surface area contributed by atoms with Crippen LogP contribution in [0.4, 0.5) is 5.69 Å². The van der Waals surface area contributed by atoms with E-state index in [1.807, 2.05) is 5.38 Å². The molecule has 6 nitrogen and oxygen atoms in total. The van der Waals surface area contributed by atoms with Gasteiger partial charge in [-0.25, -0.2) is 0 Å². The number of benzene rings is 1. The average molecular weight is 394 g/mol. The topological polar surface area (TPSA) is 72.9 Å². The second-order valence-corrected chi connectivity index (χ2v) is 7.34. The molecule has 1 aliphatic heterocycles. The van der Waals surface area contributed by atoms with E-state index in [1.54, 1.807) is 35.2 Å². The first-order chi connectivity index (χ1) is 12.6. The second kappa shape index (κ2) is 8.64. The molecule has 2 heterocycles. The van der Waals surface area contributed by atoms with Crippen molar-refractivity contribution in [2.75, 3.05) is 44.6 Å². The summed E-state index contributed by atoms with van der Waals surface area (Å²) in [5.74, 6) is -0.332. The number of thiophene rings is 1. The zero-order valence-corrected chi connectivity index (χ0v) is 15.7. The van der Waals surface area contributed by atoms with Crippen molar-refractivity contribution in [2.45, 2.75) is 0 Å². The van der Waals surface area contributed by atoms with Crippen LogP contribution in [0.25, 0.3) is 0 Å². The molecule has 0 atom stereocenters. The number of aliphatic hydroxyl groups is 1. The summed E-state index contributed by atoms with van der Waals surface area (Å²) in [5, 5.41) is 14.0. The van der Waals surface area contributed by atoms with Gasteiger partial charge in [-0.3, -0.25) is 14.5 Å². The molecule has 2 amide bonds. The molecule has 0 bridgehead atoms. The molecular weight excluding hydrogens is 374 g/mol. The molecule has 1 aliphatic rings. The van der Waals surface area contributed by atoms with Gasteiger partial charge in [0, 0.05) is 38.3 Å². The fourth-order valence-electron chi connectivity index (χ4n) is 2.84. The van der Waals surface area contributed by atoms with Gasteiger partial charge in [-0.15, -0.1) is 11.3 Å². The number of hydrogen-bond acceptors (Lipinski definition) is 5. The van der Waals surface area contributed by atoms with Crippen molar-refractivity contribution in [3.8, 4) is 0 Å². The number of halogens is 1. The van der Waals surface area contributed by atoms with Crippen LogP contribution in [0.1, 0.15) is 20.0 Å². The molecular formula is C18H20ClN3O3S. The number of carbonyl (C=O) groups is 2. The van der Waals surface area contributed by atoms with E-state index in [9.17, 15) is 9.59 Å². The zero-order valence-electron chi connectivity index (χ0n) is 14.2. The summed E-state index contributed by atoms with van der Waals surface area (Å²) in [6.07, 6.45) is 0. The molecule has 2 N–H and O–H groups in total. The van der Waals surface area contributed by atoms with Crippen LogP contribution in [0.3, 0.4) is 0 Å². The molecule has 1 saturated heterocycles. The number of rotatable bonds is 5. The van der Waals surface area contributed by atoms with Crippen LogP contribution in [0.15, 0.2) is 35.7 Å². The highest BCUT2D eigenvalue weighted by molar-refractivity contribution is 7.12. The maximum Gasteiger partial charge on any atom is 0.265 e. The lowest BCUT2D eigenvalue weighted by Gasteiger charge is -2.34. The maximum absolute atomic E-state index is 12.7. The van der Waals surface area contributed by atoms with Crippen LogP contribution in [0, 0.1) is 0 Å². The van der Waals surface area contributed by atoms with Crippen LogP contribution in [0.2, 0.25) is 5.02 Å². The molecule has 1 fully saturated rings. The lowest BCUT2D eigenvalue weighted by Crippen LogP contribution is -2.49. The van der Waals surface area contributed by atoms with Gasteiger partial charge in [0.25, 0.3) is 11.8 Å². The third kappa shape index (κ3) is 4.42. The van der Waals surface area contributed by atoms with Gasteiger partial charge in [0.15, 0.2) is 0 Å². The summed E-state index contributed by atoms with van der Waals surface area (Å²) in [6.45, 7) is 3.45. The van der Waals surface area contributed by atoms with Crippen molar-refractivity contribution in [3.63, 3.8) is 0 Å². The summed E-state index contributed by atoms with van der Waals surface area (Å²) in [4.78, 5) is 29.5. The molecule has 26 heavy (non-hydrogen) atoms. The molecule has 138 valence electrons. The summed E-state index contributed by atoms with van der Waals surface area (Å²) in [6, 6.07) is 8.45. The highest BCUT2D eigenvalue weighted by atomic mass is 35.5. The quantitative estimate of drug-likeness (QED) is 0.818. The van der Waals surface area contributed by atoms with Gasteiger partial charge in [0.05, 0.1) is 22.2 Å². The second-order valence-electron chi connectivity index (χ2n) is 5.98. The summed E-state index contributed by atoms with van der Waals surface area (Å²) < 4.78 is 0. The number of nitrogens with one attached hydrogen (secondary N) is 1. The van der Waals surface area contributed by atoms with Gasteiger partial charge in [0.2, 0.25) is 0 Å². The number of amides is 2. The highest BCUT2D eigenvalue weighted by Gasteiger charge is 2.22. The lowest BCUT2D eigenvalue weighted by atomic mass is 10.1. The highest BCUT2D eigenvalue weighted by Crippen LogP contribution is 2.25. The van der Waals surface area contributed by atoms with E-state index < -0.39 is 0 Å². The van der Waals surface area contributed by atoms with E-state index >= 15 is 0 Å². The van der Waals surface area contributed by atoms with Crippen LogP contribution in [-0.4, -0.2) is 66.1 Å². The SMILES string of the molecule is O=C(Nc1cc(C(=O)N2CCN(CCO)CC2)ccc1Cl)c1cccs1. The van der Waals surface area contributed by atoms with Crippen molar-refractivity contribution in [3.05, 3.63) is 51.2 Å². The van der Waals surface area contributed by atoms with E-state index in [2.05, 4.69) is 10.2 Å². The van der Waals surface area contributed by atoms with Gasteiger partial charge in [-0.1, -0.05) is 17.7 Å². The fourth-order valence-corrected chi connectivity index (χ4v) is 3.63. The molecule has 2 aromatic rings. The minimum Gasteiger partial charge on any atom is -0.395 e. The molecule has 0 aliphatic carbocycles. The van der Waals surface area contributed by atoms with Crippen LogP contribution >= 0.6 is 22.9 Å². The van der Waals surface area contributed by atoms with Crippen molar-refractivity contribution < 1.29 is 14.7 Å². The van der Waals surface area contributed by atoms with E-state index in [1.165, 1.54) is 11.3 Å². The predicted molar refractivity (Wildman–Crippen MR) is 103 cm³/mol. The Balaban J connectivity index is 1.69. The Hall–Kier alpha value is -1.93. The third-order valence-electron chi connectivity index (χ3n) is 4.28. The van der Waals surface area contributed by atoms with Crippen molar-refractivity contribution in [2.24, 2.45) is 0 Å². The Morgan fingerprint density at radius 3 is 2.62 bits per heavy atom. The number of hydrogen-bond donors (Lipinski definition) is 2. The van der Waals surface area contributed by atoms with Crippen molar-refractivity contribution >= 4 is 40.4 Å². The Morgan fingerprint density at radius 2 is 1.96 bits per heavy atom. The van der Waals surface area contributed by atoms with Gasteiger partial charge in [0.1, 0.15) is 0 Å². The smallest absolute Gasteiger partial charge is 0.265 e. The van der Waals surface area contributed by atoms with Crippen molar-refractivity contribution in [1.82, 2.24) is 9.80 Å². The summed E-state index contributed by atoms with van der Waals surface area (Å²) >= 11 is 7.52. The molecule has 1 aromatic carbocycles. The van der Waals surface area contributed by atoms with Gasteiger partial charge >= 0.3 is 0 Å². The first kappa shape index (κ1) is 18.8. The number of carbonyl (C=O) groups excluding carboxylic acids is 2. The number of β-amino-alcohol motifs (C(OH)–C–C–N with tert-alkyl or cyclic N) is 1. The third-order valence-corrected chi connectivity index (χ3v) is 5.48. The first-order valence-corrected chi connectivity index (χ1v) is 9.61. The van der Waals surface area contributed by atoms with E-state index in [0.29, 0.717) is 40.8 Å². The van der Waals surface area contributed by atoms with Gasteiger partial charge in [-0.05, 0) is 29.6 Å². The molecule has 0 unspecified atom stereocenters. The van der Waals surface area contributed by atoms with Crippen LogP contribution < -0.4 is 5.32 Å². The minimum absolute atomic E-state index is 0.0862. The number of aliphatic hydroxyl groups excluding tert-OH is 1. The molecule has 0 spiro atoms. The Morgan fingerprint density at radius 1 is 1.19 bits per heavy atom. The van der Waals surface area contributed by atoms with Gasteiger partial charge in [-0.2, -0.15) is 0 Å². The minimum atomic E-state index is -0.246. The van der Waals surface area contributed by atoms with E-state index in [4.69, 9.17) is 16.7 Å². The Bertz CT molecular complexity index is 774. The molecule has 0 radical (unpaired) electrons. The zero-order chi connectivity index (χ0) is 18.5. The van der Waals surface area contributed by atoms with Crippen LogP contribution in [0.5, 0.6) is 0 Å². The maximum atomic E-state index is 12.7. The normalized spacial score (nSPS) is 15.1. The summed E-state index contributed by atoms with van der Waals surface area (Å²) in [7, 11) is 0. The summed E-state index contributed by atoms with van der Waals surface area (Å²) in [5.41, 5.74) is 0.918. The molecule has 0 saturated carbocycles. The lowest BCUT2D eigenvalue weighted by molar-refractivity contribution is 0.0615. The Kier molecular flexibility index (Phi) is 6.26. The number of piperazine rings is 1. The number of anilines is 1. The molecule has 3 rings (SSSR count). The van der Waals surface area contributed by atoms with Crippen molar-refractivity contribution in [1.29, 1.82) is 0 Å². The first-order valence-electron chi connectivity index (χ1n) is 8.35. The average Bonchev–Trinajstić information content (AvgIpc) is 3.19. The fraction of sp³-hybridized carbons (Fsp3) is 0.333. The molecule has 8 heteroatoms. The van der Waals surface area contributed by atoms with E-state index in [0.717, 1.165) is 13.1 Å². The van der Waals surface area contributed by atoms with Gasteiger partial charge < -0.3 is 15.3 Å². The number of nitrogens with zero attached hydrogens (tertiary/aromatic N) is 2. The Labute approximate surface area is 161 Å². The standard InChI is InChI=1S/C18H20ClN3O3S/c19-14-4-3-13(12-15(14)20-17(24)16-2-1-11-26-16)18(25)22-7-5-21(6-8-22)9-10-23/h1-4,11-12,23H,5-10H2,(H,20,24). The molecule has 1 aromatic heterocycles.